The summed E-state index contributed by atoms with van der Waals surface area (Å²) in [5.74, 6) is -1.83. The molecule has 2 rings (SSSR count). The number of benzene rings is 2. The van der Waals surface area contributed by atoms with E-state index < -0.39 is 23.3 Å². The highest BCUT2D eigenvalue weighted by Crippen LogP contribution is 2.19. The maximum atomic E-state index is 13.6. The number of anilines is 1. The smallest absolute Gasteiger partial charge is 0.412 e. The maximum Gasteiger partial charge on any atom is 0.412 e. The van der Waals surface area contributed by atoms with Gasteiger partial charge in [0.15, 0.2) is 0 Å². The van der Waals surface area contributed by atoms with E-state index in [0.29, 0.717) is 6.07 Å². The van der Waals surface area contributed by atoms with Gasteiger partial charge in [-0.15, -0.1) is 0 Å². The zero-order valence-corrected chi connectivity index (χ0v) is 10.8. The highest BCUT2D eigenvalue weighted by atomic mass is 19.1. The van der Waals surface area contributed by atoms with Crippen LogP contribution in [0.5, 0.6) is 0 Å². The predicted octanol–water partition coefficient (Wildman–Crippen LogP) is 3.59. The summed E-state index contributed by atoms with van der Waals surface area (Å²) in [6, 6.07) is 11.9. The van der Waals surface area contributed by atoms with Crippen LogP contribution in [0, 0.1) is 23.0 Å². The number of carbonyl (C=O) groups is 1. The molecule has 106 valence electrons. The molecule has 0 heterocycles. The maximum absolute atomic E-state index is 13.6. The quantitative estimate of drug-likeness (QED) is 0.938. The number of amides is 1. The molecule has 0 saturated carbocycles. The van der Waals surface area contributed by atoms with Crippen molar-refractivity contribution in [3.8, 4) is 6.07 Å². The largest absolute Gasteiger partial charge is 0.444 e. The zero-order chi connectivity index (χ0) is 15.2. The number of halogens is 2. The summed E-state index contributed by atoms with van der Waals surface area (Å²) in [5.41, 5.74) is -0.0561. The lowest BCUT2D eigenvalue weighted by atomic mass is 10.2. The van der Waals surface area contributed by atoms with Crippen molar-refractivity contribution in [2.24, 2.45) is 0 Å². The van der Waals surface area contributed by atoms with E-state index in [0.717, 1.165) is 11.6 Å². The Morgan fingerprint density at radius 1 is 1.19 bits per heavy atom. The molecule has 0 spiro atoms. The van der Waals surface area contributed by atoms with Crippen molar-refractivity contribution in [2.75, 3.05) is 5.32 Å². The summed E-state index contributed by atoms with van der Waals surface area (Å²) in [6.45, 7) is 0.00700. The topological polar surface area (TPSA) is 62.1 Å². The van der Waals surface area contributed by atoms with Gasteiger partial charge in [-0.3, -0.25) is 5.32 Å². The van der Waals surface area contributed by atoms with Gasteiger partial charge in [-0.2, -0.15) is 5.26 Å². The molecule has 1 N–H and O–H groups in total. The monoisotopic (exact) mass is 288 g/mol. The van der Waals surface area contributed by atoms with E-state index in [1.54, 1.807) is 24.3 Å². The Balaban J connectivity index is 2.00. The van der Waals surface area contributed by atoms with Crippen LogP contribution in [0.15, 0.2) is 42.5 Å². The number of nitrogens with one attached hydrogen (secondary N) is 1. The van der Waals surface area contributed by atoms with Crippen LogP contribution in [0.3, 0.4) is 0 Å². The normalized spacial score (nSPS) is 9.76. The fourth-order valence-corrected chi connectivity index (χ4v) is 1.60. The van der Waals surface area contributed by atoms with Crippen molar-refractivity contribution >= 4 is 11.8 Å². The summed E-state index contributed by atoms with van der Waals surface area (Å²) in [7, 11) is 0. The van der Waals surface area contributed by atoms with Crippen LogP contribution in [-0.4, -0.2) is 6.09 Å². The minimum Gasteiger partial charge on any atom is -0.444 e. The number of nitrogens with zero attached hydrogens (tertiary/aromatic N) is 1. The van der Waals surface area contributed by atoms with Crippen LogP contribution < -0.4 is 5.32 Å². The van der Waals surface area contributed by atoms with Crippen LogP contribution in [0.2, 0.25) is 0 Å². The molecule has 0 radical (unpaired) electrons. The number of rotatable bonds is 3. The fraction of sp³-hybridized carbons (Fsp3) is 0.0667. The van der Waals surface area contributed by atoms with Gasteiger partial charge >= 0.3 is 6.09 Å². The van der Waals surface area contributed by atoms with Crippen molar-refractivity contribution in [3.63, 3.8) is 0 Å². The second-order valence-corrected chi connectivity index (χ2v) is 4.11. The minimum absolute atomic E-state index is 0.00700. The van der Waals surface area contributed by atoms with E-state index in [-0.39, 0.29) is 12.3 Å². The Kier molecular flexibility index (Phi) is 4.46. The van der Waals surface area contributed by atoms with Gasteiger partial charge in [-0.05, 0) is 11.6 Å². The Morgan fingerprint density at radius 2 is 1.90 bits per heavy atom. The molecule has 6 heteroatoms. The summed E-state index contributed by atoms with van der Waals surface area (Å²) in [6.07, 6.45) is -0.915. The van der Waals surface area contributed by atoms with E-state index in [1.165, 1.54) is 6.07 Å². The first-order valence-electron chi connectivity index (χ1n) is 5.97. The first kappa shape index (κ1) is 14.5. The highest BCUT2D eigenvalue weighted by Gasteiger charge is 2.12. The van der Waals surface area contributed by atoms with Gasteiger partial charge in [-0.25, -0.2) is 13.6 Å². The Labute approximate surface area is 119 Å². The number of carbonyl (C=O) groups excluding carboxylic acids is 1. The van der Waals surface area contributed by atoms with E-state index in [9.17, 15) is 13.6 Å². The molecule has 0 fully saturated rings. The molecule has 2 aromatic carbocycles. The third-order valence-corrected chi connectivity index (χ3v) is 2.63. The lowest BCUT2D eigenvalue weighted by molar-refractivity contribution is 0.155. The van der Waals surface area contributed by atoms with Crippen molar-refractivity contribution in [1.82, 2.24) is 0 Å². The summed E-state index contributed by atoms with van der Waals surface area (Å²) in [4.78, 5) is 11.5. The van der Waals surface area contributed by atoms with Crippen LogP contribution in [0.25, 0.3) is 0 Å². The van der Waals surface area contributed by atoms with Gasteiger partial charge in [0.25, 0.3) is 0 Å². The van der Waals surface area contributed by atoms with E-state index in [2.05, 4.69) is 5.32 Å². The van der Waals surface area contributed by atoms with E-state index in [4.69, 9.17) is 10.00 Å². The molecule has 2 aromatic rings. The lowest BCUT2D eigenvalue weighted by Crippen LogP contribution is -2.15. The SMILES string of the molecule is N#Cc1cc(F)c(NC(=O)OCc2ccccc2)cc1F. The Bertz CT molecular complexity index is 697. The first-order chi connectivity index (χ1) is 10.1. The van der Waals surface area contributed by atoms with Gasteiger partial charge in [0.1, 0.15) is 24.3 Å². The van der Waals surface area contributed by atoms with Gasteiger partial charge in [-0.1, -0.05) is 30.3 Å². The average molecular weight is 288 g/mol. The molecule has 0 bridgehead atoms. The molecule has 0 aromatic heterocycles. The molecule has 0 aliphatic rings. The van der Waals surface area contributed by atoms with Crippen LogP contribution >= 0.6 is 0 Å². The number of ether oxygens (including phenoxy) is 1. The molecule has 0 unspecified atom stereocenters. The number of hydrogen-bond acceptors (Lipinski definition) is 3. The van der Waals surface area contributed by atoms with Gasteiger partial charge in [0.05, 0.1) is 11.3 Å². The molecule has 4 nitrogen and oxygen atoms in total. The predicted molar refractivity (Wildman–Crippen MR) is 71.3 cm³/mol. The zero-order valence-electron chi connectivity index (χ0n) is 10.8. The van der Waals surface area contributed by atoms with E-state index in [1.807, 2.05) is 6.07 Å². The molecule has 21 heavy (non-hydrogen) atoms. The number of nitriles is 1. The van der Waals surface area contributed by atoms with Crippen molar-refractivity contribution in [2.45, 2.75) is 6.61 Å². The first-order valence-corrected chi connectivity index (χ1v) is 5.97. The third kappa shape index (κ3) is 3.76. The summed E-state index contributed by atoms with van der Waals surface area (Å²) < 4.78 is 31.8. The molecule has 0 aliphatic heterocycles. The summed E-state index contributed by atoms with van der Waals surface area (Å²) >= 11 is 0. The van der Waals surface area contributed by atoms with Crippen molar-refractivity contribution in [1.29, 1.82) is 5.26 Å². The fourth-order valence-electron chi connectivity index (χ4n) is 1.60. The van der Waals surface area contributed by atoms with Gasteiger partial charge < -0.3 is 4.74 Å². The van der Waals surface area contributed by atoms with Gasteiger partial charge in [0, 0.05) is 6.07 Å². The average Bonchev–Trinajstić information content (AvgIpc) is 2.49. The third-order valence-electron chi connectivity index (χ3n) is 2.63. The molecule has 1 amide bonds. The standard InChI is InChI=1S/C15H10F2N2O2/c16-12-7-14(13(17)6-11(12)8-18)19-15(20)21-9-10-4-2-1-3-5-10/h1-7H,9H2,(H,19,20). The molecule has 0 saturated heterocycles. The lowest BCUT2D eigenvalue weighted by Gasteiger charge is -2.08. The second-order valence-electron chi connectivity index (χ2n) is 4.11. The highest BCUT2D eigenvalue weighted by molar-refractivity contribution is 5.84. The van der Waals surface area contributed by atoms with Crippen molar-refractivity contribution < 1.29 is 18.3 Å². The van der Waals surface area contributed by atoms with Crippen molar-refractivity contribution in [3.05, 3.63) is 65.2 Å². The van der Waals surface area contributed by atoms with Crippen LogP contribution in [0.4, 0.5) is 19.3 Å². The molecular formula is C15H10F2N2O2. The molecular weight excluding hydrogens is 278 g/mol. The van der Waals surface area contributed by atoms with Crippen LogP contribution in [0.1, 0.15) is 11.1 Å². The van der Waals surface area contributed by atoms with E-state index >= 15 is 0 Å². The second kappa shape index (κ2) is 6.48. The molecule has 0 aliphatic carbocycles. The minimum atomic E-state index is -0.919. The number of hydrogen-bond donors (Lipinski definition) is 1. The Morgan fingerprint density at radius 3 is 2.57 bits per heavy atom. The molecule has 0 atom stereocenters. The summed E-state index contributed by atoms with van der Waals surface area (Å²) in [5, 5.41) is 10.6. The van der Waals surface area contributed by atoms with Crippen LogP contribution in [-0.2, 0) is 11.3 Å². The Hall–Kier alpha value is -2.94. The van der Waals surface area contributed by atoms with Gasteiger partial charge in [0.2, 0.25) is 0 Å².